The maximum Gasteiger partial charge on any atom is 1.00 e. The number of benzene rings is 1. The average Bonchev–Trinajstić information content (AvgIpc) is 2.26. The Hall–Kier alpha value is 0.130. The quantitative estimate of drug-likeness (QED) is 0.562. The Balaban J connectivity index is 0. The number of hydrogen-bond acceptors (Lipinski definition) is 3. The summed E-state index contributed by atoms with van der Waals surface area (Å²) in [4.78, 5) is 0.305. The van der Waals surface area contributed by atoms with E-state index in [0.29, 0.717) is 10.8 Å². The predicted molar refractivity (Wildman–Crippen MR) is 74.1 cm³/mol. The van der Waals surface area contributed by atoms with Crippen molar-refractivity contribution in [3.8, 4) is 0 Å². The molecule has 5 heteroatoms. The summed E-state index contributed by atoms with van der Waals surface area (Å²) in [5.41, 5.74) is 0.830. The van der Waals surface area contributed by atoms with Crippen LogP contribution in [0.4, 0.5) is 0 Å². The van der Waals surface area contributed by atoms with Crippen molar-refractivity contribution in [2.75, 3.05) is 6.61 Å². The van der Waals surface area contributed by atoms with Crippen LogP contribution in [0, 0.1) is 11.8 Å². The molecule has 0 radical (unpaired) electrons. The van der Waals surface area contributed by atoms with Crippen LogP contribution in [0.5, 0.6) is 0 Å². The summed E-state index contributed by atoms with van der Waals surface area (Å²) in [6.45, 7) is 8.21. The van der Waals surface area contributed by atoms with Gasteiger partial charge in [-0.25, -0.2) is 0 Å². The summed E-state index contributed by atoms with van der Waals surface area (Å²) in [6, 6.07) is 7.06. The first kappa shape index (κ1) is 19.1. The van der Waals surface area contributed by atoms with Crippen LogP contribution in [-0.2, 0) is 20.7 Å². The van der Waals surface area contributed by atoms with Gasteiger partial charge in [0.1, 0.15) is 0 Å². The minimum absolute atomic E-state index is 0. The molecular formula is C14H23NaO3S. The van der Waals surface area contributed by atoms with E-state index in [-0.39, 0.29) is 43.5 Å². The van der Waals surface area contributed by atoms with E-state index < -0.39 is 10.1 Å². The minimum atomic E-state index is -3.63. The predicted octanol–water partition coefficient (Wildman–Crippen LogP) is 0.363. The number of hydrogen-bond donors (Lipinski definition) is 0. The third-order valence-corrected chi connectivity index (χ3v) is 3.81. The van der Waals surface area contributed by atoms with Crippen LogP contribution in [-0.4, -0.2) is 15.0 Å². The monoisotopic (exact) mass is 294 g/mol. The summed E-state index contributed by atoms with van der Waals surface area (Å²) in [5, 5.41) is 0. The van der Waals surface area contributed by atoms with Crippen LogP contribution in [0.1, 0.15) is 34.7 Å². The van der Waals surface area contributed by atoms with E-state index in [2.05, 4.69) is 13.8 Å². The van der Waals surface area contributed by atoms with Gasteiger partial charge in [-0.3, -0.25) is 4.18 Å². The molecule has 0 heterocycles. The molecule has 1 aromatic carbocycles. The second-order valence-electron chi connectivity index (χ2n) is 5.34. The van der Waals surface area contributed by atoms with Gasteiger partial charge in [-0.05, 0) is 29.9 Å². The molecule has 0 bridgehead atoms. The molecule has 104 valence electrons. The standard InChI is InChI=1S/C14H22O3S.Na.H/c1-11(2)9-13-7-5-6-8-14(13)18(15,16)17-10-12(3)4;;/h5-8,11-12H,9-10H2,1-4H3;;/q;+1;-1. The van der Waals surface area contributed by atoms with Crippen LogP contribution in [0.3, 0.4) is 0 Å². The van der Waals surface area contributed by atoms with Crippen molar-refractivity contribution < 1.29 is 43.6 Å². The molecule has 0 aliphatic rings. The minimum Gasteiger partial charge on any atom is -1.00 e. The Labute approximate surface area is 140 Å². The zero-order valence-electron chi connectivity index (χ0n) is 13.5. The van der Waals surface area contributed by atoms with Crippen molar-refractivity contribution in [1.29, 1.82) is 0 Å². The van der Waals surface area contributed by atoms with Crippen molar-refractivity contribution in [3.05, 3.63) is 29.8 Å². The summed E-state index contributed by atoms with van der Waals surface area (Å²) in [6.07, 6.45) is 0.737. The molecule has 0 atom stereocenters. The maximum atomic E-state index is 12.1. The van der Waals surface area contributed by atoms with Crippen LogP contribution in [0.25, 0.3) is 0 Å². The molecular weight excluding hydrogens is 271 g/mol. The van der Waals surface area contributed by atoms with E-state index in [4.69, 9.17) is 4.18 Å². The third kappa shape index (κ3) is 6.41. The van der Waals surface area contributed by atoms with E-state index in [1.807, 2.05) is 26.0 Å². The van der Waals surface area contributed by atoms with Gasteiger partial charge in [0, 0.05) is 0 Å². The van der Waals surface area contributed by atoms with Gasteiger partial charge in [0.2, 0.25) is 0 Å². The Morgan fingerprint density at radius 2 is 1.68 bits per heavy atom. The van der Waals surface area contributed by atoms with Crippen molar-refractivity contribution in [1.82, 2.24) is 0 Å². The van der Waals surface area contributed by atoms with E-state index in [1.54, 1.807) is 12.1 Å². The first-order valence-corrected chi connectivity index (χ1v) is 7.71. The van der Waals surface area contributed by atoms with Gasteiger partial charge < -0.3 is 1.43 Å². The Morgan fingerprint density at radius 1 is 1.11 bits per heavy atom. The summed E-state index contributed by atoms with van der Waals surface area (Å²) in [7, 11) is -3.63. The molecule has 0 amide bonds. The van der Waals surface area contributed by atoms with Crippen LogP contribution >= 0.6 is 0 Å². The van der Waals surface area contributed by atoms with Crippen LogP contribution in [0.15, 0.2) is 29.2 Å². The molecule has 0 aromatic heterocycles. The fourth-order valence-electron chi connectivity index (χ4n) is 1.65. The molecule has 0 unspecified atom stereocenters. The number of rotatable bonds is 6. The smallest absolute Gasteiger partial charge is 1.00 e. The molecule has 0 saturated carbocycles. The van der Waals surface area contributed by atoms with Crippen molar-refractivity contribution in [2.45, 2.75) is 39.0 Å². The molecule has 3 nitrogen and oxygen atoms in total. The molecule has 0 N–H and O–H groups in total. The normalized spacial score (nSPS) is 11.7. The topological polar surface area (TPSA) is 43.4 Å². The Kier molecular flexibility index (Phi) is 8.48. The molecule has 0 fully saturated rings. The van der Waals surface area contributed by atoms with E-state index in [9.17, 15) is 8.42 Å². The maximum absolute atomic E-state index is 12.1. The molecule has 1 aromatic rings. The van der Waals surface area contributed by atoms with E-state index in [0.717, 1.165) is 12.0 Å². The average molecular weight is 294 g/mol. The third-order valence-electron chi connectivity index (χ3n) is 2.43. The summed E-state index contributed by atoms with van der Waals surface area (Å²) < 4.78 is 29.3. The van der Waals surface area contributed by atoms with Crippen molar-refractivity contribution in [2.24, 2.45) is 11.8 Å². The van der Waals surface area contributed by atoms with Gasteiger partial charge in [0.15, 0.2) is 0 Å². The van der Waals surface area contributed by atoms with Crippen molar-refractivity contribution >= 4 is 10.1 Å². The fraction of sp³-hybridized carbons (Fsp3) is 0.571. The molecule has 0 aliphatic carbocycles. The van der Waals surface area contributed by atoms with Gasteiger partial charge in [-0.2, -0.15) is 8.42 Å². The van der Waals surface area contributed by atoms with Gasteiger partial charge in [0.25, 0.3) is 10.1 Å². The van der Waals surface area contributed by atoms with Gasteiger partial charge in [0.05, 0.1) is 11.5 Å². The molecule has 1 rings (SSSR count). The fourth-order valence-corrected chi connectivity index (χ4v) is 2.94. The van der Waals surface area contributed by atoms with Crippen LogP contribution in [0.2, 0.25) is 0 Å². The summed E-state index contributed by atoms with van der Waals surface area (Å²) in [5.74, 6) is 0.600. The first-order chi connectivity index (χ1) is 8.33. The zero-order chi connectivity index (χ0) is 13.8. The molecule has 19 heavy (non-hydrogen) atoms. The summed E-state index contributed by atoms with van der Waals surface area (Å²) >= 11 is 0. The van der Waals surface area contributed by atoms with E-state index in [1.165, 1.54) is 0 Å². The molecule has 0 aliphatic heterocycles. The van der Waals surface area contributed by atoms with Gasteiger partial charge in [-0.1, -0.05) is 45.9 Å². The Bertz CT molecular complexity index is 487. The van der Waals surface area contributed by atoms with Crippen molar-refractivity contribution in [3.63, 3.8) is 0 Å². The first-order valence-electron chi connectivity index (χ1n) is 6.30. The zero-order valence-corrected chi connectivity index (χ0v) is 15.3. The second-order valence-corrected chi connectivity index (χ2v) is 6.92. The SMILES string of the molecule is CC(C)COS(=O)(=O)c1ccccc1CC(C)C.[H-].[Na+]. The van der Waals surface area contributed by atoms with E-state index >= 15 is 0 Å². The Morgan fingerprint density at radius 3 is 2.21 bits per heavy atom. The molecule has 0 spiro atoms. The molecule has 0 saturated heterocycles. The van der Waals surface area contributed by atoms with Gasteiger partial charge >= 0.3 is 29.6 Å². The van der Waals surface area contributed by atoms with Crippen LogP contribution < -0.4 is 29.6 Å². The second kappa shape index (κ2) is 8.42. The largest absolute Gasteiger partial charge is 1.00 e. The van der Waals surface area contributed by atoms with Gasteiger partial charge in [-0.15, -0.1) is 0 Å².